The van der Waals surface area contributed by atoms with Crippen LogP contribution in [0.15, 0.2) is 23.1 Å². The molecule has 0 saturated heterocycles. The number of rotatable bonds is 8. The first-order valence-electron chi connectivity index (χ1n) is 7.78. The Hall–Kier alpha value is -1.90. The highest BCUT2D eigenvalue weighted by Gasteiger charge is 2.34. The molecule has 2 amide bonds. The number of carboxylic acids is 1. The molecule has 0 aliphatic rings. The second-order valence-electron chi connectivity index (χ2n) is 5.42. The van der Waals surface area contributed by atoms with E-state index in [0.717, 1.165) is 12.5 Å². The molecule has 1 aromatic rings. The van der Waals surface area contributed by atoms with Crippen molar-refractivity contribution in [2.24, 2.45) is 0 Å². The van der Waals surface area contributed by atoms with E-state index >= 15 is 0 Å². The van der Waals surface area contributed by atoms with Crippen LogP contribution < -0.4 is 10.6 Å². The maximum absolute atomic E-state index is 13.2. The monoisotopic (exact) mass is 378 g/mol. The summed E-state index contributed by atoms with van der Waals surface area (Å²) >= 11 is 1.34. The van der Waals surface area contributed by atoms with Crippen molar-refractivity contribution >= 4 is 29.4 Å². The first kappa shape index (κ1) is 21.1. The van der Waals surface area contributed by atoms with Gasteiger partial charge >= 0.3 is 18.2 Å². The standard InChI is InChI=1S/C16H21F3N2O3S/c1-3-10(2)25-11-6-7-13(12(9-11)16(17,18)19)21-15(24)20-8-4-5-14(22)23/h6-7,9-10H,3-5,8H2,1-2H3,(H,22,23)(H2,20,21,24). The minimum atomic E-state index is -4.60. The number of urea groups is 1. The number of carbonyl (C=O) groups excluding carboxylic acids is 1. The molecular weight excluding hydrogens is 357 g/mol. The van der Waals surface area contributed by atoms with Crippen LogP contribution in [-0.2, 0) is 11.0 Å². The van der Waals surface area contributed by atoms with Gasteiger partial charge in [0, 0.05) is 23.1 Å². The fourth-order valence-electron chi connectivity index (χ4n) is 1.86. The first-order valence-corrected chi connectivity index (χ1v) is 8.66. The zero-order valence-electron chi connectivity index (χ0n) is 13.9. The van der Waals surface area contributed by atoms with Crippen LogP contribution in [0.4, 0.5) is 23.7 Å². The molecule has 0 heterocycles. The summed E-state index contributed by atoms with van der Waals surface area (Å²) < 4.78 is 39.7. The van der Waals surface area contributed by atoms with Gasteiger partial charge in [-0.3, -0.25) is 4.79 Å². The van der Waals surface area contributed by atoms with Crippen molar-refractivity contribution in [1.29, 1.82) is 0 Å². The topological polar surface area (TPSA) is 78.4 Å². The fraction of sp³-hybridized carbons (Fsp3) is 0.500. The number of anilines is 1. The van der Waals surface area contributed by atoms with E-state index in [1.807, 2.05) is 13.8 Å². The van der Waals surface area contributed by atoms with Crippen LogP contribution in [0.5, 0.6) is 0 Å². The van der Waals surface area contributed by atoms with Gasteiger partial charge in [-0.05, 0) is 31.0 Å². The summed E-state index contributed by atoms with van der Waals surface area (Å²) in [6, 6.07) is 2.98. The number of benzene rings is 1. The number of halogens is 3. The third-order valence-corrected chi connectivity index (χ3v) is 4.57. The van der Waals surface area contributed by atoms with Gasteiger partial charge in [-0.2, -0.15) is 13.2 Å². The van der Waals surface area contributed by atoms with E-state index in [4.69, 9.17) is 5.11 Å². The minimum Gasteiger partial charge on any atom is -0.481 e. The van der Waals surface area contributed by atoms with E-state index in [0.29, 0.717) is 4.90 Å². The van der Waals surface area contributed by atoms with Crippen molar-refractivity contribution in [2.75, 3.05) is 11.9 Å². The number of aliphatic carboxylic acids is 1. The van der Waals surface area contributed by atoms with E-state index in [1.54, 1.807) is 0 Å². The molecule has 0 bridgehead atoms. The fourth-order valence-corrected chi connectivity index (χ4v) is 2.83. The van der Waals surface area contributed by atoms with E-state index in [2.05, 4.69) is 10.6 Å². The average molecular weight is 378 g/mol. The molecule has 3 N–H and O–H groups in total. The van der Waals surface area contributed by atoms with Gasteiger partial charge in [-0.25, -0.2) is 4.79 Å². The zero-order chi connectivity index (χ0) is 19.0. The second kappa shape index (κ2) is 9.55. The number of alkyl halides is 3. The summed E-state index contributed by atoms with van der Waals surface area (Å²) in [6.45, 7) is 3.93. The highest BCUT2D eigenvalue weighted by atomic mass is 32.2. The van der Waals surface area contributed by atoms with Gasteiger partial charge in [-0.15, -0.1) is 11.8 Å². The van der Waals surface area contributed by atoms with E-state index in [-0.39, 0.29) is 30.3 Å². The van der Waals surface area contributed by atoms with Gasteiger partial charge < -0.3 is 15.7 Å². The average Bonchev–Trinajstić information content (AvgIpc) is 2.51. The van der Waals surface area contributed by atoms with Crippen LogP contribution in [0.1, 0.15) is 38.7 Å². The smallest absolute Gasteiger partial charge is 0.418 e. The van der Waals surface area contributed by atoms with Crippen LogP contribution in [0.2, 0.25) is 0 Å². The Kier molecular flexibility index (Phi) is 8.08. The number of nitrogens with one attached hydrogen (secondary N) is 2. The predicted octanol–water partition coefficient (Wildman–Crippen LogP) is 4.58. The van der Waals surface area contributed by atoms with Gasteiger partial charge in [0.25, 0.3) is 0 Å². The Balaban J connectivity index is 2.80. The lowest BCUT2D eigenvalue weighted by Crippen LogP contribution is -2.30. The molecule has 0 fully saturated rings. The molecule has 0 aromatic heterocycles. The highest BCUT2D eigenvalue weighted by Crippen LogP contribution is 2.38. The van der Waals surface area contributed by atoms with Gasteiger partial charge in [0.1, 0.15) is 0 Å². The van der Waals surface area contributed by atoms with Crippen molar-refractivity contribution in [3.63, 3.8) is 0 Å². The molecule has 1 rings (SSSR count). The van der Waals surface area contributed by atoms with Crippen molar-refractivity contribution < 1.29 is 27.9 Å². The lowest BCUT2D eigenvalue weighted by atomic mass is 10.1. The van der Waals surface area contributed by atoms with Crippen LogP contribution in [0.3, 0.4) is 0 Å². The number of carbonyl (C=O) groups is 2. The molecule has 140 valence electrons. The maximum atomic E-state index is 13.2. The van der Waals surface area contributed by atoms with Crippen molar-refractivity contribution in [2.45, 2.75) is 49.4 Å². The Bertz CT molecular complexity index is 609. The SMILES string of the molecule is CCC(C)Sc1ccc(NC(=O)NCCCC(=O)O)c(C(F)(F)F)c1. The molecule has 0 aliphatic carbocycles. The normalized spacial score (nSPS) is 12.5. The Labute approximate surface area is 148 Å². The molecular formula is C16H21F3N2O3S. The van der Waals surface area contributed by atoms with Crippen LogP contribution >= 0.6 is 11.8 Å². The summed E-state index contributed by atoms with van der Waals surface area (Å²) in [6.07, 6.45) is -3.71. The lowest BCUT2D eigenvalue weighted by molar-refractivity contribution is -0.138. The number of carboxylic acid groups (broad SMARTS) is 1. The molecule has 0 spiro atoms. The van der Waals surface area contributed by atoms with Crippen molar-refractivity contribution in [3.05, 3.63) is 23.8 Å². The molecule has 1 unspecified atom stereocenters. The lowest BCUT2D eigenvalue weighted by Gasteiger charge is -2.16. The summed E-state index contributed by atoms with van der Waals surface area (Å²) in [5.41, 5.74) is -1.25. The molecule has 0 saturated carbocycles. The van der Waals surface area contributed by atoms with Gasteiger partial charge in [0.15, 0.2) is 0 Å². The maximum Gasteiger partial charge on any atom is 0.418 e. The van der Waals surface area contributed by atoms with Crippen LogP contribution in [-0.4, -0.2) is 28.9 Å². The van der Waals surface area contributed by atoms with Crippen LogP contribution in [0, 0.1) is 0 Å². The number of hydrogen-bond acceptors (Lipinski definition) is 3. The molecule has 0 aliphatic heterocycles. The minimum absolute atomic E-state index is 0.0570. The van der Waals surface area contributed by atoms with Crippen molar-refractivity contribution in [1.82, 2.24) is 5.32 Å². The highest BCUT2D eigenvalue weighted by molar-refractivity contribution is 7.99. The third kappa shape index (κ3) is 7.68. The summed E-state index contributed by atoms with van der Waals surface area (Å²) in [4.78, 5) is 22.5. The molecule has 25 heavy (non-hydrogen) atoms. The first-order chi connectivity index (χ1) is 11.6. The van der Waals surface area contributed by atoms with Gasteiger partial charge in [0.2, 0.25) is 0 Å². The second-order valence-corrected chi connectivity index (χ2v) is 6.93. The molecule has 1 aromatic carbocycles. The number of thioether (sulfide) groups is 1. The number of amides is 2. The molecule has 0 radical (unpaired) electrons. The van der Waals surface area contributed by atoms with Crippen LogP contribution in [0.25, 0.3) is 0 Å². The van der Waals surface area contributed by atoms with Gasteiger partial charge in [-0.1, -0.05) is 13.8 Å². The summed E-state index contributed by atoms with van der Waals surface area (Å²) in [5.74, 6) is -1.00. The molecule has 9 heteroatoms. The Morgan fingerprint density at radius 1 is 1.32 bits per heavy atom. The predicted molar refractivity (Wildman–Crippen MR) is 90.9 cm³/mol. The van der Waals surface area contributed by atoms with E-state index in [1.165, 1.54) is 23.9 Å². The summed E-state index contributed by atoms with van der Waals surface area (Å²) in [7, 11) is 0. The third-order valence-electron chi connectivity index (χ3n) is 3.31. The number of hydrogen-bond donors (Lipinski definition) is 3. The Morgan fingerprint density at radius 3 is 2.56 bits per heavy atom. The summed E-state index contributed by atoms with van der Waals surface area (Å²) in [5, 5.41) is 13.2. The van der Waals surface area contributed by atoms with E-state index in [9.17, 15) is 22.8 Å². The zero-order valence-corrected chi connectivity index (χ0v) is 14.8. The Morgan fingerprint density at radius 2 is 2.00 bits per heavy atom. The molecule has 1 atom stereocenters. The molecule has 5 nitrogen and oxygen atoms in total. The van der Waals surface area contributed by atoms with Crippen molar-refractivity contribution in [3.8, 4) is 0 Å². The van der Waals surface area contributed by atoms with Gasteiger partial charge in [0.05, 0.1) is 11.3 Å². The largest absolute Gasteiger partial charge is 0.481 e. The quantitative estimate of drug-likeness (QED) is 0.457. The van der Waals surface area contributed by atoms with E-state index < -0.39 is 23.7 Å².